The van der Waals surface area contributed by atoms with Gasteiger partial charge in [0.05, 0.1) is 23.6 Å². The fraction of sp³-hybridized carbons (Fsp3) is 0.333. The minimum Gasteiger partial charge on any atom is -0.507 e. The summed E-state index contributed by atoms with van der Waals surface area (Å²) >= 11 is 0. The van der Waals surface area contributed by atoms with Gasteiger partial charge in [0.2, 0.25) is 0 Å². The van der Waals surface area contributed by atoms with Gasteiger partial charge in [0.1, 0.15) is 11.5 Å². The van der Waals surface area contributed by atoms with E-state index < -0.39 is 22.7 Å². The molecule has 1 aliphatic heterocycles. The molecule has 9 heteroatoms. The molecule has 0 saturated carbocycles. The lowest BCUT2D eigenvalue weighted by Crippen LogP contribution is -2.38. The number of rotatable bonds is 9. The number of nitro groups is 1. The molecule has 2 aromatic carbocycles. The van der Waals surface area contributed by atoms with Crippen LogP contribution in [0.1, 0.15) is 31.0 Å². The van der Waals surface area contributed by atoms with E-state index in [1.807, 2.05) is 13.8 Å². The third-order valence-corrected chi connectivity index (χ3v) is 5.87. The number of nitrogens with zero attached hydrogens (tertiary/aromatic N) is 3. The molecule has 33 heavy (non-hydrogen) atoms. The minimum absolute atomic E-state index is 0.0430. The van der Waals surface area contributed by atoms with E-state index in [9.17, 15) is 24.8 Å². The number of non-ortho nitro benzene ring substituents is 1. The molecule has 1 atom stereocenters. The number of likely N-dealkylation sites (tertiary alicyclic amines) is 1. The molecule has 0 unspecified atom stereocenters. The molecule has 0 aliphatic carbocycles. The highest BCUT2D eigenvalue weighted by molar-refractivity contribution is 6.46. The molecule has 2 aromatic rings. The van der Waals surface area contributed by atoms with E-state index in [0.29, 0.717) is 23.4 Å². The van der Waals surface area contributed by atoms with Crippen LogP contribution in [-0.4, -0.2) is 64.8 Å². The van der Waals surface area contributed by atoms with Crippen LogP contribution in [-0.2, 0) is 9.59 Å². The van der Waals surface area contributed by atoms with Gasteiger partial charge >= 0.3 is 0 Å². The Labute approximate surface area is 192 Å². The summed E-state index contributed by atoms with van der Waals surface area (Å²) in [7, 11) is 1.52. The predicted octanol–water partition coefficient (Wildman–Crippen LogP) is 3.37. The molecular formula is C24H27N3O6. The van der Waals surface area contributed by atoms with Gasteiger partial charge in [-0.25, -0.2) is 0 Å². The van der Waals surface area contributed by atoms with Gasteiger partial charge in [0.25, 0.3) is 17.4 Å². The second-order valence-electron chi connectivity index (χ2n) is 7.60. The zero-order valence-corrected chi connectivity index (χ0v) is 18.9. The normalized spacial score (nSPS) is 17.6. The van der Waals surface area contributed by atoms with Crippen LogP contribution < -0.4 is 4.74 Å². The Balaban J connectivity index is 2.09. The van der Waals surface area contributed by atoms with Gasteiger partial charge in [0.15, 0.2) is 0 Å². The lowest BCUT2D eigenvalue weighted by Gasteiger charge is -2.28. The van der Waals surface area contributed by atoms with E-state index in [0.717, 1.165) is 13.1 Å². The first-order valence-electron chi connectivity index (χ1n) is 10.7. The smallest absolute Gasteiger partial charge is 0.295 e. The highest BCUT2D eigenvalue weighted by Gasteiger charge is 2.46. The molecule has 1 saturated heterocycles. The zero-order valence-electron chi connectivity index (χ0n) is 18.9. The minimum atomic E-state index is -0.858. The second-order valence-corrected chi connectivity index (χ2v) is 7.60. The van der Waals surface area contributed by atoms with Crippen LogP contribution in [0.15, 0.2) is 54.1 Å². The Kier molecular flexibility index (Phi) is 7.44. The lowest BCUT2D eigenvalue weighted by atomic mass is 9.95. The van der Waals surface area contributed by atoms with Crippen LogP contribution in [0.3, 0.4) is 0 Å². The molecule has 0 radical (unpaired) electrons. The molecule has 1 N–H and O–H groups in total. The van der Waals surface area contributed by atoms with E-state index in [1.165, 1.54) is 36.3 Å². The molecule has 1 amide bonds. The number of aliphatic hydroxyl groups excluding tert-OH is 1. The maximum absolute atomic E-state index is 13.0. The van der Waals surface area contributed by atoms with Crippen LogP contribution in [0.4, 0.5) is 5.69 Å². The third kappa shape index (κ3) is 4.88. The molecule has 3 rings (SSSR count). The van der Waals surface area contributed by atoms with Crippen molar-refractivity contribution in [3.63, 3.8) is 0 Å². The van der Waals surface area contributed by atoms with Gasteiger partial charge in [-0.05, 0) is 55.1 Å². The number of amides is 1. The third-order valence-electron chi connectivity index (χ3n) is 5.87. The standard InChI is InChI=1S/C24H27N3O6/c1-4-25(5-2)14-15-26-21(16-6-10-18(11-7-16)27(31)32)20(23(29)24(26)30)22(28)17-8-12-19(33-3)13-9-17/h6-13,21,28H,4-5,14-15H2,1-3H3/t21-/m1/s1. The predicted molar refractivity (Wildman–Crippen MR) is 123 cm³/mol. The molecule has 174 valence electrons. The summed E-state index contributed by atoms with van der Waals surface area (Å²) < 4.78 is 5.14. The Morgan fingerprint density at radius 1 is 1.09 bits per heavy atom. The van der Waals surface area contributed by atoms with Crippen molar-refractivity contribution in [1.29, 1.82) is 0 Å². The Hall–Kier alpha value is -3.72. The highest BCUT2D eigenvalue weighted by atomic mass is 16.6. The molecule has 9 nitrogen and oxygen atoms in total. The van der Waals surface area contributed by atoms with Gasteiger partial charge in [0, 0.05) is 30.8 Å². The number of likely N-dealkylation sites (N-methyl/N-ethyl adjacent to an activating group) is 1. The number of carbonyl (C=O) groups excluding carboxylic acids is 2. The Morgan fingerprint density at radius 3 is 2.21 bits per heavy atom. The lowest BCUT2D eigenvalue weighted by molar-refractivity contribution is -0.384. The number of nitro benzene ring substituents is 1. The first-order chi connectivity index (χ1) is 15.8. The number of Topliss-reactive ketones (excluding diaryl/α,β-unsaturated/α-hetero) is 1. The zero-order chi connectivity index (χ0) is 24.1. The average Bonchev–Trinajstić information content (AvgIpc) is 3.09. The monoisotopic (exact) mass is 453 g/mol. The van der Waals surface area contributed by atoms with Crippen LogP contribution in [0.2, 0.25) is 0 Å². The van der Waals surface area contributed by atoms with Gasteiger partial charge in [-0.2, -0.15) is 0 Å². The summed E-state index contributed by atoms with van der Waals surface area (Å²) in [5.41, 5.74) is 0.728. The molecule has 1 heterocycles. The average molecular weight is 453 g/mol. The van der Waals surface area contributed by atoms with E-state index in [4.69, 9.17) is 4.74 Å². The first-order valence-corrected chi connectivity index (χ1v) is 10.7. The van der Waals surface area contributed by atoms with E-state index >= 15 is 0 Å². The summed E-state index contributed by atoms with van der Waals surface area (Å²) in [4.78, 5) is 40.1. The SMILES string of the molecule is CCN(CC)CCN1C(=O)C(=O)C(=C(O)c2ccc(OC)cc2)[C@H]1c1ccc([N+](=O)[O-])cc1. The summed E-state index contributed by atoms with van der Waals surface area (Å²) in [5, 5.41) is 22.1. The van der Waals surface area contributed by atoms with Crippen molar-refractivity contribution in [3.05, 3.63) is 75.3 Å². The van der Waals surface area contributed by atoms with E-state index in [2.05, 4.69) is 4.90 Å². The summed E-state index contributed by atoms with van der Waals surface area (Å²) in [5.74, 6) is -1.21. The van der Waals surface area contributed by atoms with Crippen LogP contribution in [0.5, 0.6) is 5.75 Å². The van der Waals surface area contributed by atoms with Crippen molar-refractivity contribution >= 4 is 23.1 Å². The van der Waals surface area contributed by atoms with Crippen molar-refractivity contribution < 1.29 is 24.4 Å². The largest absolute Gasteiger partial charge is 0.507 e. The summed E-state index contributed by atoms with van der Waals surface area (Å²) in [6, 6.07) is 11.3. The van der Waals surface area contributed by atoms with Crippen molar-refractivity contribution in [2.45, 2.75) is 19.9 Å². The van der Waals surface area contributed by atoms with Gasteiger partial charge in [-0.1, -0.05) is 13.8 Å². The fourth-order valence-electron chi connectivity index (χ4n) is 3.93. The topological polar surface area (TPSA) is 113 Å². The number of benzene rings is 2. The number of ketones is 1. The van der Waals surface area contributed by atoms with E-state index in [1.54, 1.807) is 24.3 Å². The fourth-order valence-corrected chi connectivity index (χ4v) is 3.93. The van der Waals surface area contributed by atoms with Gasteiger partial charge < -0.3 is 19.6 Å². The molecular weight excluding hydrogens is 426 g/mol. The first kappa shape index (κ1) is 23.9. The Morgan fingerprint density at radius 2 is 1.70 bits per heavy atom. The molecule has 0 bridgehead atoms. The molecule has 1 fully saturated rings. The Bertz CT molecular complexity index is 1060. The maximum Gasteiger partial charge on any atom is 0.295 e. The summed E-state index contributed by atoms with van der Waals surface area (Å²) in [6.07, 6.45) is 0. The number of methoxy groups -OCH3 is 1. The number of aliphatic hydroxyl groups is 1. The quantitative estimate of drug-likeness (QED) is 0.204. The number of hydrogen-bond donors (Lipinski definition) is 1. The van der Waals surface area contributed by atoms with Crippen LogP contribution in [0, 0.1) is 10.1 Å². The highest BCUT2D eigenvalue weighted by Crippen LogP contribution is 2.39. The summed E-state index contributed by atoms with van der Waals surface area (Å²) in [6.45, 7) is 6.41. The van der Waals surface area contributed by atoms with Crippen LogP contribution in [0.25, 0.3) is 5.76 Å². The van der Waals surface area contributed by atoms with Crippen molar-refractivity contribution in [2.75, 3.05) is 33.3 Å². The molecule has 0 spiro atoms. The van der Waals surface area contributed by atoms with E-state index in [-0.39, 0.29) is 23.6 Å². The molecule has 0 aromatic heterocycles. The maximum atomic E-state index is 13.0. The molecule has 1 aliphatic rings. The number of hydrogen-bond acceptors (Lipinski definition) is 7. The van der Waals surface area contributed by atoms with Gasteiger partial charge in [-0.15, -0.1) is 0 Å². The van der Waals surface area contributed by atoms with Crippen molar-refractivity contribution in [3.8, 4) is 5.75 Å². The van der Waals surface area contributed by atoms with Crippen molar-refractivity contribution in [1.82, 2.24) is 9.80 Å². The number of ether oxygens (including phenoxy) is 1. The number of carbonyl (C=O) groups is 2. The second kappa shape index (κ2) is 10.3. The van der Waals surface area contributed by atoms with Gasteiger partial charge in [-0.3, -0.25) is 19.7 Å². The van der Waals surface area contributed by atoms with Crippen LogP contribution >= 0.6 is 0 Å². The van der Waals surface area contributed by atoms with Crippen molar-refractivity contribution in [2.24, 2.45) is 0 Å².